The Bertz CT molecular complexity index is 764. The van der Waals surface area contributed by atoms with Gasteiger partial charge in [0.05, 0.1) is 18.5 Å². The Labute approximate surface area is 147 Å². The molecule has 6 heteroatoms. The Morgan fingerprint density at radius 3 is 2.76 bits per heavy atom. The lowest BCUT2D eigenvalue weighted by Crippen LogP contribution is -2.39. The Morgan fingerprint density at radius 2 is 2.04 bits per heavy atom. The summed E-state index contributed by atoms with van der Waals surface area (Å²) in [5.41, 5.74) is 2.19. The van der Waals surface area contributed by atoms with Crippen molar-refractivity contribution in [2.45, 2.75) is 39.7 Å². The van der Waals surface area contributed by atoms with Crippen molar-refractivity contribution in [3.63, 3.8) is 0 Å². The molecule has 132 valence electrons. The lowest BCUT2D eigenvalue weighted by molar-refractivity contribution is 0.0701. The second-order valence-electron chi connectivity index (χ2n) is 7.14. The minimum Gasteiger partial charge on any atom is -0.459 e. The molecule has 1 fully saturated rings. The number of amides is 1. The van der Waals surface area contributed by atoms with Crippen molar-refractivity contribution >= 4 is 11.7 Å². The van der Waals surface area contributed by atoms with Crippen LogP contribution in [0.2, 0.25) is 0 Å². The van der Waals surface area contributed by atoms with Gasteiger partial charge in [0, 0.05) is 31.6 Å². The molecule has 1 amide bonds. The number of carbonyl (C=O) groups is 1. The zero-order chi connectivity index (χ0) is 17.4. The van der Waals surface area contributed by atoms with Crippen molar-refractivity contribution in [2.24, 2.45) is 5.92 Å². The molecule has 2 aliphatic heterocycles. The van der Waals surface area contributed by atoms with Gasteiger partial charge in [0.25, 0.3) is 5.91 Å². The molecule has 0 N–H and O–H groups in total. The number of hydrogen-bond donors (Lipinski definition) is 0. The molecule has 0 saturated carbocycles. The predicted molar refractivity (Wildman–Crippen MR) is 94.5 cm³/mol. The molecule has 0 aromatic carbocycles. The van der Waals surface area contributed by atoms with Crippen LogP contribution in [0.3, 0.4) is 0 Å². The highest BCUT2D eigenvalue weighted by Gasteiger charge is 2.29. The van der Waals surface area contributed by atoms with Crippen LogP contribution in [0.1, 0.15) is 47.4 Å². The maximum Gasteiger partial charge on any atom is 0.289 e. The summed E-state index contributed by atoms with van der Waals surface area (Å²) in [6.07, 6.45) is 4.68. The van der Waals surface area contributed by atoms with E-state index in [-0.39, 0.29) is 5.91 Å². The van der Waals surface area contributed by atoms with Gasteiger partial charge < -0.3 is 14.2 Å². The van der Waals surface area contributed by atoms with Crippen LogP contribution >= 0.6 is 0 Å². The quantitative estimate of drug-likeness (QED) is 0.841. The summed E-state index contributed by atoms with van der Waals surface area (Å²) < 4.78 is 5.28. The van der Waals surface area contributed by atoms with E-state index in [1.807, 2.05) is 11.8 Å². The third-order valence-corrected chi connectivity index (χ3v) is 5.25. The summed E-state index contributed by atoms with van der Waals surface area (Å²) in [7, 11) is 0. The molecule has 25 heavy (non-hydrogen) atoms. The minimum absolute atomic E-state index is 0.0607. The third kappa shape index (κ3) is 3.13. The van der Waals surface area contributed by atoms with Crippen LogP contribution in [0, 0.1) is 12.8 Å². The van der Waals surface area contributed by atoms with Crippen LogP contribution in [-0.2, 0) is 13.0 Å². The van der Waals surface area contributed by atoms with Crippen LogP contribution in [0.15, 0.2) is 22.8 Å². The first-order valence-electron chi connectivity index (χ1n) is 9.06. The molecule has 4 heterocycles. The van der Waals surface area contributed by atoms with E-state index in [1.54, 1.807) is 12.1 Å². The Hall–Kier alpha value is -2.37. The molecule has 0 atom stereocenters. The van der Waals surface area contributed by atoms with Crippen LogP contribution in [0.5, 0.6) is 0 Å². The molecular formula is C19H24N4O2. The Morgan fingerprint density at radius 1 is 1.24 bits per heavy atom. The number of aromatic nitrogens is 2. The molecule has 1 saturated heterocycles. The number of piperidine rings is 1. The number of rotatable bonds is 2. The van der Waals surface area contributed by atoms with Gasteiger partial charge in [-0.25, -0.2) is 9.97 Å². The van der Waals surface area contributed by atoms with E-state index >= 15 is 0 Å². The maximum absolute atomic E-state index is 12.6. The second kappa shape index (κ2) is 6.50. The van der Waals surface area contributed by atoms with E-state index in [0.717, 1.165) is 48.3 Å². The van der Waals surface area contributed by atoms with Gasteiger partial charge in [0.2, 0.25) is 0 Å². The number of nitrogens with zero attached hydrogens (tertiary/aromatic N) is 4. The summed E-state index contributed by atoms with van der Waals surface area (Å²) in [6, 6.07) is 3.47. The average Bonchev–Trinajstić information content (AvgIpc) is 3.15. The van der Waals surface area contributed by atoms with Crippen LogP contribution in [0.4, 0.5) is 5.82 Å². The van der Waals surface area contributed by atoms with Gasteiger partial charge in [-0.15, -0.1) is 0 Å². The Balaban J connectivity index is 1.63. The molecule has 0 aliphatic carbocycles. The summed E-state index contributed by atoms with van der Waals surface area (Å²) in [5.74, 6) is 2.94. The molecule has 2 aromatic heterocycles. The topological polar surface area (TPSA) is 62.5 Å². The first-order chi connectivity index (χ1) is 12.1. The van der Waals surface area contributed by atoms with Crippen molar-refractivity contribution in [1.82, 2.24) is 14.9 Å². The largest absolute Gasteiger partial charge is 0.459 e. The first-order valence-corrected chi connectivity index (χ1v) is 9.06. The summed E-state index contributed by atoms with van der Waals surface area (Å²) in [5, 5.41) is 0. The summed E-state index contributed by atoms with van der Waals surface area (Å²) in [4.78, 5) is 26.2. The fraction of sp³-hybridized carbons (Fsp3) is 0.526. The van der Waals surface area contributed by atoms with Gasteiger partial charge in [0.1, 0.15) is 11.6 Å². The minimum atomic E-state index is -0.0607. The van der Waals surface area contributed by atoms with Gasteiger partial charge in [-0.1, -0.05) is 6.92 Å². The smallest absolute Gasteiger partial charge is 0.289 e. The van der Waals surface area contributed by atoms with Crippen molar-refractivity contribution in [3.05, 3.63) is 41.2 Å². The zero-order valence-corrected chi connectivity index (χ0v) is 14.9. The van der Waals surface area contributed by atoms with Crippen LogP contribution < -0.4 is 4.90 Å². The molecular weight excluding hydrogens is 316 g/mol. The van der Waals surface area contributed by atoms with Gasteiger partial charge in [-0.3, -0.25) is 4.79 Å². The highest BCUT2D eigenvalue weighted by Crippen LogP contribution is 2.30. The number of anilines is 1. The summed E-state index contributed by atoms with van der Waals surface area (Å²) >= 11 is 0. The van der Waals surface area contributed by atoms with Crippen molar-refractivity contribution in [2.75, 3.05) is 24.5 Å². The molecule has 0 unspecified atom stereocenters. The number of hydrogen-bond acceptors (Lipinski definition) is 5. The highest BCUT2D eigenvalue weighted by atomic mass is 16.3. The van der Waals surface area contributed by atoms with Gasteiger partial charge in [0.15, 0.2) is 5.76 Å². The highest BCUT2D eigenvalue weighted by molar-refractivity contribution is 5.91. The van der Waals surface area contributed by atoms with E-state index in [2.05, 4.69) is 16.8 Å². The predicted octanol–water partition coefficient (Wildman–Crippen LogP) is 2.81. The lowest BCUT2D eigenvalue weighted by Gasteiger charge is -2.35. The van der Waals surface area contributed by atoms with Gasteiger partial charge >= 0.3 is 0 Å². The molecule has 0 bridgehead atoms. The number of aryl methyl sites for hydroxylation is 1. The van der Waals surface area contributed by atoms with Crippen molar-refractivity contribution in [3.8, 4) is 0 Å². The lowest BCUT2D eigenvalue weighted by atomic mass is 9.98. The normalized spacial score (nSPS) is 18.3. The van der Waals surface area contributed by atoms with E-state index in [0.29, 0.717) is 18.8 Å². The molecule has 0 radical (unpaired) electrons. The molecule has 2 aliphatic rings. The SMILES string of the molecule is Cc1nc2c(c(N3CCC(C)CC3)n1)CN(C(=O)c1ccco1)CC2. The van der Waals surface area contributed by atoms with Crippen molar-refractivity contribution in [1.29, 1.82) is 0 Å². The zero-order valence-electron chi connectivity index (χ0n) is 14.9. The van der Waals surface area contributed by atoms with Gasteiger partial charge in [-0.05, 0) is 37.8 Å². The van der Waals surface area contributed by atoms with Crippen LogP contribution in [0.25, 0.3) is 0 Å². The van der Waals surface area contributed by atoms with E-state index in [4.69, 9.17) is 9.40 Å². The van der Waals surface area contributed by atoms with Crippen LogP contribution in [-0.4, -0.2) is 40.4 Å². The first kappa shape index (κ1) is 16.1. The van der Waals surface area contributed by atoms with Gasteiger partial charge in [-0.2, -0.15) is 0 Å². The van der Waals surface area contributed by atoms with E-state index in [1.165, 1.54) is 19.1 Å². The standard InChI is InChI=1S/C19H24N4O2/c1-13-5-8-22(9-6-13)18-15-12-23(19(24)17-4-3-11-25-17)10-7-16(15)20-14(2)21-18/h3-4,11,13H,5-10,12H2,1-2H3. The van der Waals surface area contributed by atoms with E-state index < -0.39 is 0 Å². The number of fused-ring (bicyclic) bond motifs is 1. The van der Waals surface area contributed by atoms with Crippen molar-refractivity contribution < 1.29 is 9.21 Å². The Kier molecular flexibility index (Phi) is 4.19. The monoisotopic (exact) mass is 340 g/mol. The molecule has 0 spiro atoms. The molecule has 4 rings (SSSR count). The fourth-order valence-corrected chi connectivity index (χ4v) is 3.73. The maximum atomic E-state index is 12.6. The molecule has 6 nitrogen and oxygen atoms in total. The third-order valence-electron chi connectivity index (χ3n) is 5.25. The van der Waals surface area contributed by atoms with E-state index in [9.17, 15) is 4.79 Å². The molecule has 2 aromatic rings. The number of furan rings is 1. The average molecular weight is 340 g/mol. The second-order valence-corrected chi connectivity index (χ2v) is 7.14. The summed E-state index contributed by atoms with van der Waals surface area (Å²) in [6.45, 7) is 7.53. The fourth-order valence-electron chi connectivity index (χ4n) is 3.73. The number of carbonyl (C=O) groups excluding carboxylic acids is 1.